The molecular formula is C14H21BF4N3O3-. The molecule has 6 nitrogen and oxygen atoms in total. The maximum Gasteiger partial charge on any atom is 0.673 e. The minimum Gasteiger partial charge on any atom is -0.495 e. The first kappa shape index (κ1) is 21.0. The molecule has 25 heavy (non-hydrogen) atoms. The third-order valence-electron chi connectivity index (χ3n) is 3.26. The number of allylic oxidation sites excluding steroid dienone is 3. The number of nitrogens with zero attached hydrogens (tertiary/aromatic N) is 3. The van der Waals surface area contributed by atoms with Gasteiger partial charge in [0.2, 0.25) is 5.76 Å². The van der Waals surface area contributed by atoms with Gasteiger partial charge in [-0.3, -0.25) is 0 Å². The second-order valence-electron chi connectivity index (χ2n) is 5.00. The molecule has 0 radical (unpaired) electrons. The van der Waals surface area contributed by atoms with Gasteiger partial charge in [0.05, 0.1) is 32.1 Å². The van der Waals surface area contributed by atoms with Crippen molar-refractivity contribution in [2.45, 2.75) is 20.3 Å². The summed E-state index contributed by atoms with van der Waals surface area (Å²) >= 11 is 0. The van der Waals surface area contributed by atoms with Crippen molar-refractivity contribution in [3.05, 3.63) is 28.8 Å². The van der Waals surface area contributed by atoms with Crippen molar-refractivity contribution < 1.29 is 36.3 Å². The molecule has 0 aromatic heterocycles. The van der Waals surface area contributed by atoms with Crippen LogP contribution in [0.2, 0.25) is 0 Å². The maximum absolute atomic E-state index is 9.75. The van der Waals surface area contributed by atoms with Gasteiger partial charge in [0.15, 0.2) is 0 Å². The smallest absolute Gasteiger partial charge is 0.495 e. The quantitative estimate of drug-likeness (QED) is 0.325. The summed E-state index contributed by atoms with van der Waals surface area (Å²) in [5, 5.41) is 0. The summed E-state index contributed by atoms with van der Waals surface area (Å²) in [6, 6.07) is 0. The average Bonchev–Trinajstić information content (AvgIpc) is 2.55. The molecule has 142 valence electrons. The zero-order valence-electron chi connectivity index (χ0n) is 14.2. The number of morpholine rings is 1. The van der Waals surface area contributed by atoms with Gasteiger partial charge in [0.1, 0.15) is 12.2 Å². The highest BCUT2D eigenvalue weighted by atomic mass is 19.5. The molecule has 0 atom stereocenters. The van der Waals surface area contributed by atoms with Crippen LogP contribution >= 0.6 is 0 Å². The molecule has 1 fully saturated rings. The van der Waals surface area contributed by atoms with E-state index >= 15 is 0 Å². The third-order valence-corrected chi connectivity index (χ3v) is 3.26. The number of rotatable bonds is 5. The highest BCUT2D eigenvalue weighted by Crippen LogP contribution is 2.26. The number of ether oxygens (including phenoxy) is 3. The molecule has 0 unspecified atom stereocenters. The molecule has 1 aliphatic heterocycles. The van der Waals surface area contributed by atoms with Crippen LogP contribution in [0, 0.1) is 0 Å². The Hall–Kier alpha value is -2.00. The molecule has 0 N–H and O–H groups in total. The average molecular weight is 366 g/mol. The SMILES string of the molecule is CCOC1=CC(N2CCOCC2)=C(OCC)CC1=[N+]=[N-].F[B-](F)(F)F. The molecule has 2 rings (SSSR count). The second-order valence-corrected chi connectivity index (χ2v) is 5.00. The van der Waals surface area contributed by atoms with E-state index in [0.29, 0.717) is 44.3 Å². The molecule has 0 aromatic carbocycles. The predicted octanol–water partition coefficient (Wildman–Crippen LogP) is 2.86. The van der Waals surface area contributed by atoms with Crippen LogP contribution in [-0.4, -0.2) is 62.2 Å². The van der Waals surface area contributed by atoms with Crippen molar-refractivity contribution in [2.75, 3.05) is 39.5 Å². The summed E-state index contributed by atoms with van der Waals surface area (Å²) < 4.78 is 55.7. The molecule has 1 saturated heterocycles. The fourth-order valence-corrected chi connectivity index (χ4v) is 2.35. The Bertz CT molecular complexity index is 548. The molecule has 11 heteroatoms. The normalized spacial score (nSPS) is 18.1. The number of hydrogen-bond donors (Lipinski definition) is 0. The first-order chi connectivity index (χ1) is 11.8. The van der Waals surface area contributed by atoms with E-state index in [4.69, 9.17) is 19.7 Å². The number of halogens is 4. The van der Waals surface area contributed by atoms with Crippen molar-refractivity contribution >= 4 is 13.0 Å². The maximum atomic E-state index is 9.75. The first-order valence-corrected chi connectivity index (χ1v) is 7.91. The summed E-state index contributed by atoms with van der Waals surface area (Å²) in [6.45, 7) is 8.04. The molecule has 2 aliphatic rings. The summed E-state index contributed by atoms with van der Waals surface area (Å²) in [6.07, 6.45) is 2.35. The molecular weight excluding hydrogens is 345 g/mol. The summed E-state index contributed by atoms with van der Waals surface area (Å²) in [5.41, 5.74) is 10.6. The van der Waals surface area contributed by atoms with E-state index in [1.54, 1.807) is 0 Å². The Kier molecular flexibility index (Phi) is 8.50. The van der Waals surface area contributed by atoms with Crippen LogP contribution in [0.25, 0.3) is 5.53 Å². The summed E-state index contributed by atoms with van der Waals surface area (Å²) in [5.74, 6) is 1.44. The molecule has 0 bridgehead atoms. The molecule has 0 amide bonds. The predicted molar refractivity (Wildman–Crippen MR) is 84.2 cm³/mol. The van der Waals surface area contributed by atoms with Crippen LogP contribution in [0.3, 0.4) is 0 Å². The van der Waals surface area contributed by atoms with Gasteiger partial charge >= 0.3 is 13.0 Å². The monoisotopic (exact) mass is 366 g/mol. The van der Waals surface area contributed by atoms with Crippen molar-refractivity contribution in [3.8, 4) is 0 Å². The van der Waals surface area contributed by atoms with E-state index in [0.717, 1.165) is 24.5 Å². The second kappa shape index (κ2) is 10.1. The van der Waals surface area contributed by atoms with Gasteiger partial charge in [-0.15, -0.1) is 0 Å². The lowest BCUT2D eigenvalue weighted by molar-refractivity contribution is -0.0140. The van der Waals surface area contributed by atoms with Crippen LogP contribution < -0.4 is 0 Å². The Morgan fingerprint density at radius 2 is 1.72 bits per heavy atom. The van der Waals surface area contributed by atoms with E-state index in [1.807, 2.05) is 19.9 Å². The fraction of sp³-hybridized carbons (Fsp3) is 0.643. The lowest BCUT2D eigenvalue weighted by Crippen LogP contribution is -2.37. The van der Waals surface area contributed by atoms with Crippen molar-refractivity contribution in [1.82, 2.24) is 4.90 Å². The van der Waals surface area contributed by atoms with E-state index in [-0.39, 0.29) is 0 Å². The summed E-state index contributed by atoms with van der Waals surface area (Å²) in [4.78, 5) is 5.55. The summed E-state index contributed by atoms with van der Waals surface area (Å²) in [7, 11) is -6.00. The van der Waals surface area contributed by atoms with Crippen molar-refractivity contribution in [3.63, 3.8) is 0 Å². The molecule has 1 heterocycles. The zero-order valence-corrected chi connectivity index (χ0v) is 14.2. The first-order valence-electron chi connectivity index (χ1n) is 7.91. The van der Waals surface area contributed by atoms with Crippen LogP contribution in [0.1, 0.15) is 20.3 Å². The Morgan fingerprint density at radius 1 is 1.16 bits per heavy atom. The third kappa shape index (κ3) is 7.62. The van der Waals surface area contributed by atoms with Crippen LogP contribution in [0.15, 0.2) is 23.3 Å². The molecule has 1 aliphatic carbocycles. The Morgan fingerprint density at radius 3 is 2.20 bits per heavy atom. The molecule has 0 aromatic rings. The minimum absolute atomic E-state index is 0.447. The zero-order chi connectivity index (χ0) is 18.9. The van der Waals surface area contributed by atoms with Gasteiger partial charge in [0.25, 0.3) is 0 Å². The van der Waals surface area contributed by atoms with Crippen LogP contribution in [0.4, 0.5) is 17.3 Å². The van der Waals surface area contributed by atoms with Gasteiger partial charge < -0.3 is 41.9 Å². The van der Waals surface area contributed by atoms with Crippen LogP contribution in [0.5, 0.6) is 0 Å². The highest BCUT2D eigenvalue weighted by Gasteiger charge is 2.30. The largest absolute Gasteiger partial charge is 0.673 e. The Labute approximate surface area is 143 Å². The van der Waals surface area contributed by atoms with Gasteiger partial charge in [-0.2, -0.15) is 4.79 Å². The topological polar surface area (TPSA) is 67.3 Å². The standard InChI is InChI=1S/C14H21N3O3.BF4/c1-3-19-13-10-12(17-5-7-18-8-6-17)14(20-4-2)9-11(13)16-15;2-1(3,4)5/h10H,3-9H2,1-2H3;/q;-1. The lowest BCUT2D eigenvalue weighted by atomic mass is 10.0. The van der Waals surface area contributed by atoms with Gasteiger partial charge in [-0.1, -0.05) is 0 Å². The fourth-order valence-electron chi connectivity index (χ4n) is 2.35. The van der Waals surface area contributed by atoms with E-state index in [9.17, 15) is 17.3 Å². The van der Waals surface area contributed by atoms with Crippen molar-refractivity contribution in [1.29, 1.82) is 0 Å². The van der Waals surface area contributed by atoms with Gasteiger partial charge in [-0.25, -0.2) is 0 Å². The van der Waals surface area contributed by atoms with Gasteiger partial charge in [0, 0.05) is 19.2 Å². The van der Waals surface area contributed by atoms with E-state index in [2.05, 4.69) is 9.69 Å². The van der Waals surface area contributed by atoms with Crippen molar-refractivity contribution in [2.24, 2.45) is 0 Å². The number of hydrogen-bond acceptors (Lipinski definition) is 4. The van der Waals surface area contributed by atoms with E-state index in [1.165, 1.54) is 0 Å². The van der Waals surface area contributed by atoms with Gasteiger partial charge in [-0.05, 0) is 13.8 Å². The van der Waals surface area contributed by atoms with E-state index < -0.39 is 7.25 Å². The highest BCUT2D eigenvalue weighted by molar-refractivity contribution is 6.50. The molecule has 0 saturated carbocycles. The lowest BCUT2D eigenvalue weighted by Gasteiger charge is -2.32. The molecule has 0 spiro atoms. The minimum atomic E-state index is -6.00. The van der Waals surface area contributed by atoms with Crippen LogP contribution in [-0.2, 0) is 14.2 Å². The Balaban J connectivity index is 0.000000550.